The van der Waals surface area contributed by atoms with Crippen LogP contribution in [0.25, 0.3) is 11.0 Å². The lowest BCUT2D eigenvalue weighted by atomic mass is 10.3. The summed E-state index contributed by atoms with van der Waals surface area (Å²) in [6, 6.07) is 7.09. The van der Waals surface area contributed by atoms with Crippen LogP contribution in [0.3, 0.4) is 0 Å². The van der Waals surface area contributed by atoms with E-state index in [9.17, 15) is 13.2 Å². The van der Waals surface area contributed by atoms with Crippen LogP contribution in [0.5, 0.6) is 0 Å². The number of imidazole rings is 1. The number of para-hydroxylation sites is 2. The van der Waals surface area contributed by atoms with E-state index in [2.05, 4.69) is 20.9 Å². The number of halogens is 4. The standard InChI is InChI=1S/C10H8BrF3N2/c11-9(10(12,13)14)5-16-6-15-7-3-1-2-4-8(7)16/h1-4,6,9H,5H2. The van der Waals surface area contributed by atoms with Crippen LogP contribution in [-0.2, 0) is 6.54 Å². The van der Waals surface area contributed by atoms with Crippen molar-refractivity contribution in [1.82, 2.24) is 9.55 Å². The molecule has 1 aromatic carbocycles. The molecular weight excluding hydrogens is 285 g/mol. The van der Waals surface area contributed by atoms with Crippen molar-refractivity contribution in [2.45, 2.75) is 17.5 Å². The normalized spacial score (nSPS) is 14.2. The maximum absolute atomic E-state index is 12.4. The predicted molar refractivity (Wildman–Crippen MR) is 58.5 cm³/mol. The Balaban J connectivity index is 2.28. The Labute approximate surface area is 98.2 Å². The first-order chi connectivity index (χ1) is 7.48. The fraction of sp³-hybridized carbons (Fsp3) is 0.300. The van der Waals surface area contributed by atoms with Crippen molar-refractivity contribution in [3.05, 3.63) is 30.6 Å². The van der Waals surface area contributed by atoms with Gasteiger partial charge < -0.3 is 4.57 Å². The summed E-state index contributed by atoms with van der Waals surface area (Å²) in [5, 5.41) is 0. The van der Waals surface area contributed by atoms with Gasteiger partial charge in [0.2, 0.25) is 0 Å². The minimum atomic E-state index is -4.24. The highest BCUT2D eigenvalue weighted by molar-refractivity contribution is 9.09. The molecule has 0 aliphatic carbocycles. The lowest BCUT2D eigenvalue weighted by molar-refractivity contribution is -0.129. The number of aromatic nitrogens is 2. The molecule has 16 heavy (non-hydrogen) atoms. The third-order valence-electron chi connectivity index (χ3n) is 2.24. The molecule has 2 aromatic rings. The molecule has 1 heterocycles. The lowest BCUT2D eigenvalue weighted by Gasteiger charge is -2.14. The van der Waals surface area contributed by atoms with Crippen LogP contribution in [0, 0.1) is 0 Å². The van der Waals surface area contributed by atoms with Crippen molar-refractivity contribution >= 4 is 27.0 Å². The maximum Gasteiger partial charge on any atom is 0.402 e. The van der Waals surface area contributed by atoms with Gasteiger partial charge in [-0.05, 0) is 12.1 Å². The maximum atomic E-state index is 12.4. The highest BCUT2D eigenvalue weighted by Gasteiger charge is 2.37. The summed E-state index contributed by atoms with van der Waals surface area (Å²) >= 11 is 2.63. The van der Waals surface area contributed by atoms with Crippen molar-refractivity contribution in [1.29, 1.82) is 0 Å². The molecule has 1 aromatic heterocycles. The Morgan fingerprint density at radius 2 is 2.00 bits per heavy atom. The number of alkyl halides is 4. The second-order valence-electron chi connectivity index (χ2n) is 3.39. The molecular formula is C10H8BrF3N2. The molecule has 0 bridgehead atoms. The molecule has 0 saturated carbocycles. The average Bonchev–Trinajstić information content (AvgIpc) is 2.61. The molecule has 0 saturated heterocycles. The second-order valence-corrected chi connectivity index (χ2v) is 4.50. The highest BCUT2D eigenvalue weighted by Crippen LogP contribution is 2.28. The number of nitrogens with zero attached hydrogens (tertiary/aromatic N) is 2. The van der Waals surface area contributed by atoms with Crippen LogP contribution in [0.4, 0.5) is 13.2 Å². The molecule has 0 aliphatic rings. The monoisotopic (exact) mass is 292 g/mol. The van der Waals surface area contributed by atoms with Gasteiger partial charge in [0.1, 0.15) is 4.83 Å². The Hall–Kier alpha value is -1.04. The van der Waals surface area contributed by atoms with Crippen LogP contribution in [0.2, 0.25) is 0 Å². The van der Waals surface area contributed by atoms with E-state index in [1.807, 2.05) is 0 Å². The molecule has 0 radical (unpaired) electrons. The Kier molecular flexibility index (Phi) is 2.92. The van der Waals surface area contributed by atoms with Gasteiger partial charge in [0, 0.05) is 6.54 Å². The molecule has 0 aliphatic heterocycles. The largest absolute Gasteiger partial charge is 0.402 e. The second kappa shape index (κ2) is 4.08. The summed E-state index contributed by atoms with van der Waals surface area (Å²) in [5.41, 5.74) is 1.40. The van der Waals surface area contributed by atoms with Crippen molar-refractivity contribution in [2.24, 2.45) is 0 Å². The van der Waals surface area contributed by atoms with Crippen molar-refractivity contribution in [3.8, 4) is 0 Å². The van der Waals surface area contributed by atoms with Gasteiger partial charge in [-0.2, -0.15) is 13.2 Å². The molecule has 0 fully saturated rings. The fourth-order valence-electron chi connectivity index (χ4n) is 1.43. The molecule has 0 amide bonds. The third-order valence-corrected chi connectivity index (χ3v) is 3.05. The topological polar surface area (TPSA) is 17.8 Å². The van der Waals surface area contributed by atoms with Gasteiger partial charge in [-0.15, -0.1) is 0 Å². The Morgan fingerprint density at radius 3 is 2.69 bits per heavy atom. The number of benzene rings is 1. The predicted octanol–water partition coefficient (Wildman–Crippen LogP) is 3.36. The summed E-state index contributed by atoms with van der Waals surface area (Å²) < 4.78 is 38.6. The van der Waals surface area contributed by atoms with E-state index in [4.69, 9.17) is 0 Å². The smallest absolute Gasteiger partial charge is 0.329 e. The first kappa shape index (κ1) is 11.4. The first-order valence-corrected chi connectivity index (χ1v) is 5.50. The van der Waals surface area contributed by atoms with E-state index in [1.165, 1.54) is 10.9 Å². The van der Waals surface area contributed by atoms with Gasteiger partial charge in [0.15, 0.2) is 0 Å². The number of rotatable bonds is 2. The molecule has 6 heteroatoms. The summed E-state index contributed by atoms with van der Waals surface area (Å²) in [6.07, 6.45) is -2.82. The summed E-state index contributed by atoms with van der Waals surface area (Å²) in [5.74, 6) is 0. The zero-order chi connectivity index (χ0) is 11.8. The number of hydrogen-bond acceptors (Lipinski definition) is 1. The van der Waals surface area contributed by atoms with Crippen LogP contribution >= 0.6 is 15.9 Å². The Bertz CT molecular complexity index is 492. The van der Waals surface area contributed by atoms with Gasteiger partial charge in [0.05, 0.1) is 17.4 Å². The minimum absolute atomic E-state index is 0.177. The zero-order valence-corrected chi connectivity index (χ0v) is 9.66. The Morgan fingerprint density at radius 1 is 1.31 bits per heavy atom. The van der Waals surface area contributed by atoms with E-state index in [1.54, 1.807) is 24.3 Å². The highest BCUT2D eigenvalue weighted by atomic mass is 79.9. The van der Waals surface area contributed by atoms with E-state index >= 15 is 0 Å². The van der Waals surface area contributed by atoms with Crippen LogP contribution in [0.15, 0.2) is 30.6 Å². The van der Waals surface area contributed by atoms with Crippen molar-refractivity contribution < 1.29 is 13.2 Å². The minimum Gasteiger partial charge on any atom is -0.329 e. The van der Waals surface area contributed by atoms with E-state index in [-0.39, 0.29) is 6.54 Å². The van der Waals surface area contributed by atoms with Gasteiger partial charge in [0.25, 0.3) is 0 Å². The summed E-state index contributed by atoms with van der Waals surface area (Å²) in [4.78, 5) is 2.47. The molecule has 1 unspecified atom stereocenters. The van der Waals surface area contributed by atoms with Crippen LogP contribution in [-0.4, -0.2) is 20.6 Å². The van der Waals surface area contributed by atoms with Crippen LogP contribution in [0.1, 0.15) is 0 Å². The third kappa shape index (κ3) is 2.21. The van der Waals surface area contributed by atoms with E-state index < -0.39 is 11.0 Å². The molecule has 86 valence electrons. The summed E-state index contributed by atoms with van der Waals surface area (Å²) in [7, 11) is 0. The fourth-order valence-corrected chi connectivity index (χ4v) is 1.74. The van der Waals surface area contributed by atoms with Gasteiger partial charge >= 0.3 is 6.18 Å². The number of hydrogen-bond donors (Lipinski definition) is 0. The quantitative estimate of drug-likeness (QED) is 0.776. The molecule has 2 rings (SSSR count). The van der Waals surface area contributed by atoms with Gasteiger partial charge in [-0.1, -0.05) is 28.1 Å². The molecule has 0 spiro atoms. The molecule has 1 atom stereocenters. The van der Waals surface area contributed by atoms with Gasteiger partial charge in [-0.3, -0.25) is 0 Å². The van der Waals surface area contributed by atoms with E-state index in [0.717, 1.165) is 0 Å². The van der Waals surface area contributed by atoms with Crippen molar-refractivity contribution in [3.63, 3.8) is 0 Å². The number of fused-ring (bicyclic) bond motifs is 1. The average molecular weight is 293 g/mol. The lowest BCUT2D eigenvalue weighted by Crippen LogP contribution is -2.27. The summed E-state index contributed by atoms with van der Waals surface area (Å²) in [6.45, 7) is -0.177. The SMILES string of the molecule is FC(F)(F)C(Br)Cn1cnc2ccccc21. The van der Waals surface area contributed by atoms with Gasteiger partial charge in [-0.25, -0.2) is 4.98 Å². The van der Waals surface area contributed by atoms with Crippen molar-refractivity contribution in [2.75, 3.05) is 0 Å². The first-order valence-electron chi connectivity index (χ1n) is 4.59. The van der Waals surface area contributed by atoms with Crippen LogP contribution < -0.4 is 0 Å². The zero-order valence-electron chi connectivity index (χ0n) is 8.08. The molecule has 2 nitrogen and oxygen atoms in total. The molecule has 0 N–H and O–H groups in total. The van der Waals surface area contributed by atoms with E-state index in [0.29, 0.717) is 11.0 Å².